The number of benzene rings is 1. The maximum absolute atomic E-state index is 8.71. The normalized spacial score (nSPS) is 15.2. The number of hydrogen-bond donors (Lipinski definition) is 0. The molecule has 64 valence electrons. The molecule has 3 heteroatoms. The summed E-state index contributed by atoms with van der Waals surface area (Å²) in [5, 5.41) is 9.77. The molecule has 1 aromatic rings. The van der Waals surface area contributed by atoms with Gasteiger partial charge in [-0.15, -0.1) is 11.8 Å². The van der Waals surface area contributed by atoms with Crippen molar-refractivity contribution in [1.82, 2.24) is 0 Å². The van der Waals surface area contributed by atoms with Crippen LogP contribution in [0.15, 0.2) is 29.3 Å². The second-order valence-corrected chi connectivity index (χ2v) is 3.81. The van der Waals surface area contributed by atoms with Crippen molar-refractivity contribution in [3.05, 3.63) is 35.4 Å². The fourth-order valence-corrected chi connectivity index (χ4v) is 2.08. The minimum Gasteiger partial charge on any atom is -0.277 e. The molecule has 0 fully saturated rings. The first-order chi connectivity index (χ1) is 6.40. The average molecular weight is 188 g/mol. The highest BCUT2D eigenvalue weighted by atomic mass is 32.2. The Morgan fingerprint density at radius 3 is 3.08 bits per heavy atom. The molecule has 0 aromatic heterocycles. The summed E-state index contributed by atoms with van der Waals surface area (Å²) < 4.78 is 0. The largest absolute Gasteiger partial charge is 0.277 e. The number of nitrogens with zero attached hydrogens (tertiary/aromatic N) is 2. The van der Waals surface area contributed by atoms with Gasteiger partial charge in [0.15, 0.2) is 0 Å². The van der Waals surface area contributed by atoms with Crippen LogP contribution in [0.4, 0.5) is 0 Å². The molecular weight excluding hydrogens is 180 g/mol. The van der Waals surface area contributed by atoms with Crippen molar-refractivity contribution in [3.63, 3.8) is 0 Å². The lowest BCUT2D eigenvalue weighted by Crippen LogP contribution is -1.91. The maximum Gasteiger partial charge on any atom is 0.0991 e. The maximum atomic E-state index is 8.71. The van der Waals surface area contributed by atoms with Crippen molar-refractivity contribution in [2.75, 3.05) is 12.3 Å². The zero-order valence-corrected chi connectivity index (χ0v) is 7.84. The predicted octanol–water partition coefficient (Wildman–Crippen LogP) is 2.05. The predicted molar refractivity (Wildman–Crippen MR) is 55.0 cm³/mol. The molecule has 1 aromatic carbocycles. The van der Waals surface area contributed by atoms with Gasteiger partial charge < -0.3 is 0 Å². The molecule has 1 aliphatic heterocycles. The van der Waals surface area contributed by atoms with Crippen molar-refractivity contribution >= 4 is 16.8 Å². The summed E-state index contributed by atoms with van der Waals surface area (Å²) in [6, 6.07) is 9.72. The van der Waals surface area contributed by atoms with E-state index in [1.807, 2.05) is 24.3 Å². The van der Waals surface area contributed by atoms with Crippen LogP contribution in [0.3, 0.4) is 0 Å². The molecule has 2 rings (SSSR count). The summed E-state index contributed by atoms with van der Waals surface area (Å²) in [5.74, 6) is 1.06. The average Bonchev–Trinajstić information content (AvgIpc) is 2.71. The van der Waals surface area contributed by atoms with Gasteiger partial charge in [0.1, 0.15) is 0 Å². The van der Waals surface area contributed by atoms with Gasteiger partial charge >= 0.3 is 0 Å². The van der Waals surface area contributed by atoms with Crippen molar-refractivity contribution in [2.45, 2.75) is 0 Å². The van der Waals surface area contributed by atoms with E-state index in [1.165, 1.54) is 0 Å². The van der Waals surface area contributed by atoms with Crippen LogP contribution in [-0.2, 0) is 0 Å². The number of aliphatic imine (C=N–C) groups is 1. The Labute approximate surface area is 81.3 Å². The van der Waals surface area contributed by atoms with Gasteiger partial charge in [-0.3, -0.25) is 4.99 Å². The molecule has 0 saturated heterocycles. The first-order valence-electron chi connectivity index (χ1n) is 4.08. The summed E-state index contributed by atoms with van der Waals surface area (Å²) in [6.07, 6.45) is 0. The number of hydrogen-bond acceptors (Lipinski definition) is 3. The Bertz CT molecular complexity index is 390. The van der Waals surface area contributed by atoms with Crippen LogP contribution in [0.2, 0.25) is 0 Å². The number of thioether (sulfide) groups is 1. The second-order valence-electron chi connectivity index (χ2n) is 2.73. The minimum atomic E-state index is 0.702. The van der Waals surface area contributed by atoms with Crippen molar-refractivity contribution in [2.24, 2.45) is 4.99 Å². The minimum absolute atomic E-state index is 0.702. The van der Waals surface area contributed by atoms with Gasteiger partial charge in [-0.25, -0.2) is 0 Å². The zero-order chi connectivity index (χ0) is 9.10. The van der Waals surface area contributed by atoms with Crippen LogP contribution in [0.25, 0.3) is 0 Å². The lowest BCUT2D eigenvalue weighted by molar-refractivity contribution is 1.17. The van der Waals surface area contributed by atoms with Crippen LogP contribution in [0.1, 0.15) is 11.1 Å². The highest BCUT2D eigenvalue weighted by Crippen LogP contribution is 2.19. The Morgan fingerprint density at radius 2 is 2.38 bits per heavy atom. The highest BCUT2D eigenvalue weighted by molar-refractivity contribution is 8.14. The Morgan fingerprint density at radius 1 is 1.46 bits per heavy atom. The summed E-state index contributed by atoms with van der Waals surface area (Å²) in [5.41, 5.74) is 1.77. The Kier molecular flexibility index (Phi) is 2.33. The molecule has 13 heavy (non-hydrogen) atoms. The number of nitriles is 1. The fraction of sp³-hybridized carbons (Fsp3) is 0.200. The third kappa shape index (κ3) is 1.73. The van der Waals surface area contributed by atoms with E-state index in [0.29, 0.717) is 5.56 Å². The van der Waals surface area contributed by atoms with Crippen LogP contribution in [0.5, 0.6) is 0 Å². The standard InChI is InChI=1S/C10H8N2S/c11-7-8-2-1-3-9(6-8)10-12-4-5-13-10/h1-3,6H,4-5H2. The molecule has 1 heterocycles. The van der Waals surface area contributed by atoms with Crippen molar-refractivity contribution in [1.29, 1.82) is 5.26 Å². The van der Waals surface area contributed by atoms with E-state index in [9.17, 15) is 0 Å². The van der Waals surface area contributed by atoms with Crippen molar-refractivity contribution < 1.29 is 0 Å². The van der Waals surface area contributed by atoms with E-state index in [-0.39, 0.29) is 0 Å². The molecule has 0 unspecified atom stereocenters. The molecule has 0 radical (unpaired) electrons. The van der Waals surface area contributed by atoms with E-state index < -0.39 is 0 Å². The number of rotatable bonds is 1. The highest BCUT2D eigenvalue weighted by Gasteiger charge is 2.09. The molecule has 0 saturated carbocycles. The quantitative estimate of drug-likeness (QED) is 0.676. The molecule has 0 aliphatic carbocycles. The molecule has 2 nitrogen and oxygen atoms in total. The smallest absolute Gasteiger partial charge is 0.0991 e. The molecular formula is C10H8N2S. The fourth-order valence-electron chi connectivity index (χ4n) is 1.23. The van der Waals surface area contributed by atoms with Crippen LogP contribution >= 0.6 is 11.8 Å². The van der Waals surface area contributed by atoms with Crippen molar-refractivity contribution in [3.8, 4) is 6.07 Å². The summed E-state index contributed by atoms with van der Waals surface area (Å²) in [7, 11) is 0. The lowest BCUT2D eigenvalue weighted by Gasteiger charge is -1.98. The monoisotopic (exact) mass is 188 g/mol. The topological polar surface area (TPSA) is 36.1 Å². The third-order valence-corrected chi connectivity index (χ3v) is 2.85. The Balaban J connectivity index is 2.36. The second kappa shape index (κ2) is 3.63. The molecule has 0 bridgehead atoms. The molecule has 0 atom stereocenters. The summed E-state index contributed by atoms with van der Waals surface area (Å²) >= 11 is 1.76. The van der Waals surface area contributed by atoms with Gasteiger partial charge in [0.05, 0.1) is 16.7 Å². The van der Waals surface area contributed by atoms with E-state index in [1.54, 1.807) is 11.8 Å². The Hall–Kier alpha value is -1.27. The SMILES string of the molecule is N#Cc1cccc(C2=NCCS2)c1. The van der Waals surface area contributed by atoms with Crippen LogP contribution in [0, 0.1) is 11.3 Å². The van der Waals surface area contributed by atoms with E-state index in [2.05, 4.69) is 11.1 Å². The van der Waals surface area contributed by atoms with E-state index in [4.69, 9.17) is 5.26 Å². The van der Waals surface area contributed by atoms with Gasteiger partial charge in [-0.2, -0.15) is 5.26 Å². The van der Waals surface area contributed by atoms with Gasteiger partial charge in [-0.1, -0.05) is 12.1 Å². The molecule has 1 aliphatic rings. The van der Waals surface area contributed by atoms with Gasteiger partial charge in [0, 0.05) is 17.9 Å². The van der Waals surface area contributed by atoms with E-state index >= 15 is 0 Å². The molecule has 0 N–H and O–H groups in total. The first-order valence-corrected chi connectivity index (χ1v) is 5.06. The zero-order valence-electron chi connectivity index (χ0n) is 7.03. The first kappa shape index (κ1) is 8.33. The van der Waals surface area contributed by atoms with Gasteiger partial charge in [0.2, 0.25) is 0 Å². The van der Waals surface area contributed by atoms with Crippen LogP contribution in [-0.4, -0.2) is 17.3 Å². The van der Waals surface area contributed by atoms with Gasteiger partial charge in [0.25, 0.3) is 0 Å². The summed E-state index contributed by atoms with van der Waals surface area (Å²) in [6.45, 7) is 0.900. The van der Waals surface area contributed by atoms with Gasteiger partial charge in [-0.05, 0) is 12.1 Å². The van der Waals surface area contributed by atoms with E-state index in [0.717, 1.165) is 22.9 Å². The summed E-state index contributed by atoms with van der Waals surface area (Å²) in [4.78, 5) is 4.35. The molecule has 0 amide bonds. The van der Waals surface area contributed by atoms with Crippen LogP contribution < -0.4 is 0 Å². The lowest BCUT2D eigenvalue weighted by atomic mass is 10.1. The molecule has 0 spiro atoms. The third-order valence-electron chi connectivity index (χ3n) is 1.82.